The fraction of sp³-hybridized carbons (Fsp3) is 0.833. The largest absolute Gasteiger partial charge is 0.424 e. The van der Waals surface area contributed by atoms with Gasteiger partial charge in [-0.3, -0.25) is 0 Å². The summed E-state index contributed by atoms with van der Waals surface area (Å²) in [6.45, 7) is 18.7. The van der Waals surface area contributed by atoms with Crippen LogP contribution in [-0.4, -0.2) is 44.0 Å². The zero-order valence-electron chi connectivity index (χ0n) is 30.4. The Kier molecular flexibility index (Phi) is 10.1. The third-order valence-electron chi connectivity index (χ3n) is 10.9. The van der Waals surface area contributed by atoms with Crippen molar-refractivity contribution in [3.63, 3.8) is 0 Å². The molecular weight excluding hydrogens is 612 g/mol. The molecule has 3 aliphatic rings. The smallest absolute Gasteiger partial charge is 0.336 e. The number of ether oxygens (including phenoxy) is 1. The van der Waals surface area contributed by atoms with Crippen LogP contribution in [0.4, 0.5) is 0 Å². The van der Waals surface area contributed by atoms with E-state index in [1.54, 1.807) is 12.2 Å². The molecule has 3 saturated carbocycles. The Morgan fingerprint density at radius 1 is 0.604 bits per heavy atom. The highest BCUT2D eigenvalue weighted by Crippen LogP contribution is 2.50. The van der Waals surface area contributed by atoms with Crippen LogP contribution >= 0.6 is 0 Å². The summed E-state index contributed by atoms with van der Waals surface area (Å²) in [5.41, 5.74) is -4.34. The molecule has 3 aliphatic carbocycles. The van der Waals surface area contributed by atoms with Gasteiger partial charge >= 0.3 is 17.1 Å². The van der Waals surface area contributed by atoms with Gasteiger partial charge in [-0.15, -0.1) is 0 Å². The number of nitrogens with zero attached hydrogens (tertiary/aromatic N) is 6. The van der Waals surface area contributed by atoms with E-state index in [4.69, 9.17) is 4.74 Å². The van der Waals surface area contributed by atoms with Crippen LogP contribution in [0.3, 0.4) is 0 Å². The quantitative estimate of drug-likeness (QED) is 0.202. The topological polar surface area (TPSA) is 158 Å². The fourth-order valence-corrected chi connectivity index (χ4v) is 10.8. The molecular formula is C36H54N6O6. The molecule has 6 unspecified atom stereocenters. The maximum Gasteiger partial charge on any atom is 0.336 e. The second-order valence-electron chi connectivity index (χ2n) is 18.9. The lowest BCUT2D eigenvalue weighted by molar-refractivity contribution is -0.0206. The molecule has 0 radical (unpaired) electrons. The monoisotopic (exact) mass is 666 g/mol. The van der Waals surface area contributed by atoms with Crippen molar-refractivity contribution >= 4 is 12.2 Å². The number of isocyanates is 2. The van der Waals surface area contributed by atoms with Crippen LogP contribution in [0, 0.1) is 44.0 Å². The standard InChI is InChI=1S/C36H54N6O6/c1-31(2)10-25(38-23-43)12-34(7,16-31)19-40-28(45)41(20-35(8)13-26(39-24-44)11-32(3,4)17-35)30(47)42(29(40)46)21-36(9)15-27(48-22-37)14-33(5,6)18-36/h25-27H,10-21H2,1-9H3. The third kappa shape index (κ3) is 8.54. The molecule has 48 heavy (non-hydrogen) atoms. The van der Waals surface area contributed by atoms with Gasteiger partial charge in [0, 0.05) is 19.6 Å². The van der Waals surface area contributed by atoms with E-state index in [0.717, 1.165) is 0 Å². The lowest BCUT2D eigenvalue weighted by Crippen LogP contribution is -2.59. The van der Waals surface area contributed by atoms with Crippen LogP contribution in [0.25, 0.3) is 0 Å². The van der Waals surface area contributed by atoms with Gasteiger partial charge in [-0.25, -0.2) is 47.7 Å². The molecule has 3 fully saturated rings. The van der Waals surface area contributed by atoms with Crippen LogP contribution in [0.1, 0.15) is 120 Å². The Morgan fingerprint density at radius 2 is 0.938 bits per heavy atom. The predicted octanol–water partition coefficient (Wildman–Crippen LogP) is 5.10. The summed E-state index contributed by atoms with van der Waals surface area (Å²) in [4.78, 5) is 73.9. The molecule has 1 aromatic heterocycles. The van der Waals surface area contributed by atoms with Gasteiger partial charge in [0.1, 0.15) is 6.10 Å². The maximum absolute atomic E-state index is 14.4. The summed E-state index contributed by atoms with van der Waals surface area (Å²) in [7, 11) is 0. The van der Waals surface area contributed by atoms with Crippen LogP contribution in [-0.2, 0) is 34.0 Å². The molecule has 0 N–H and O–H groups in total. The fourth-order valence-electron chi connectivity index (χ4n) is 10.8. The maximum atomic E-state index is 14.4. The van der Waals surface area contributed by atoms with Gasteiger partial charge in [0.15, 0.2) is 0 Å². The number of aliphatic imine (C=N–C) groups is 2. The van der Waals surface area contributed by atoms with Gasteiger partial charge in [0.25, 0.3) is 6.26 Å². The number of hydrogen-bond acceptors (Lipinski definition) is 9. The van der Waals surface area contributed by atoms with Crippen LogP contribution in [0.15, 0.2) is 24.4 Å². The van der Waals surface area contributed by atoms with Crippen molar-refractivity contribution < 1.29 is 14.3 Å². The molecule has 0 amide bonds. The van der Waals surface area contributed by atoms with E-state index in [2.05, 4.69) is 51.5 Å². The van der Waals surface area contributed by atoms with Gasteiger partial charge in [0.05, 0.1) is 12.1 Å². The molecule has 12 heteroatoms. The average molecular weight is 667 g/mol. The molecule has 264 valence electrons. The number of rotatable bonds is 9. The van der Waals surface area contributed by atoms with Crippen molar-refractivity contribution in [3.8, 4) is 6.26 Å². The number of carbonyl (C=O) groups excluding carboxylic acids is 2. The number of nitriles is 1. The van der Waals surface area contributed by atoms with E-state index in [-0.39, 0.29) is 54.1 Å². The molecule has 0 spiro atoms. The molecule has 12 nitrogen and oxygen atoms in total. The van der Waals surface area contributed by atoms with Crippen molar-refractivity contribution in [3.05, 3.63) is 31.5 Å². The lowest BCUT2D eigenvalue weighted by atomic mass is 9.62. The summed E-state index contributed by atoms with van der Waals surface area (Å²) in [6, 6.07) is -0.585. The highest BCUT2D eigenvalue weighted by Gasteiger charge is 2.46. The molecule has 0 aliphatic heterocycles. The Bertz CT molecular complexity index is 1620. The van der Waals surface area contributed by atoms with E-state index in [9.17, 15) is 29.2 Å². The van der Waals surface area contributed by atoms with Crippen molar-refractivity contribution in [2.45, 2.75) is 158 Å². The van der Waals surface area contributed by atoms with Gasteiger partial charge in [0.2, 0.25) is 12.2 Å². The molecule has 4 rings (SSSR count). The van der Waals surface area contributed by atoms with Crippen molar-refractivity contribution in [1.82, 2.24) is 13.7 Å². The third-order valence-corrected chi connectivity index (χ3v) is 10.9. The molecule has 1 aromatic rings. The Labute approximate surface area is 283 Å². The number of hydrogen-bond donors (Lipinski definition) is 0. The van der Waals surface area contributed by atoms with E-state index >= 15 is 0 Å². The molecule has 0 aromatic carbocycles. The Morgan fingerprint density at radius 3 is 1.27 bits per heavy atom. The second-order valence-corrected chi connectivity index (χ2v) is 18.9. The van der Waals surface area contributed by atoms with E-state index in [1.165, 1.54) is 13.7 Å². The van der Waals surface area contributed by atoms with Crippen molar-refractivity contribution in [1.29, 1.82) is 5.26 Å². The lowest BCUT2D eigenvalue weighted by Gasteiger charge is -2.46. The predicted molar refractivity (Wildman–Crippen MR) is 181 cm³/mol. The average Bonchev–Trinajstić information content (AvgIpc) is 2.89. The summed E-state index contributed by atoms with van der Waals surface area (Å²) >= 11 is 0. The Hall–Kier alpha value is -3.54. The van der Waals surface area contributed by atoms with Gasteiger partial charge in [-0.05, 0) is 90.3 Å². The first-order chi connectivity index (χ1) is 22.1. The molecule has 1 heterocycles. The van der Waals surface area contributed by atoms with Gasteiger partial charge < -0.3 is 4.74 Å². The first-order valence-electron chi connectivity index (χ1n) is 17.2. The highest BCUT2D eigenvalue weighted by molar-refractivity contribution is 5.34. The van der Waals surface area contributed by atoms with Crippen LogP contribution in [0.5, 0.6) is 0 Å². The van der Waals surface area contributed by atoms with Crippen molar-refractivity contribution in [2.24, 2.45) is 42.5 Å². The normalized spacial score (nSPS) is 33.8. The van der Waals surface area contributed by atoms with Crippen molar-refractivity contribution in [2.75, 3.05) is 0 Å². The summed E-state index contributed by atoms with van der Waals surface area (Å²) in [6.07, 6.45) is 10.4. The highest BCUT2D eigenvalue weighted by atomic mass is 16.5. The first-order valence-corrected chi connectivity index (χ1v) is 17.2. The minimum Gasteiger partial charge on any atom is -0.424 e. The Balaban J connectivity index is 1.88. The SMILES string of the molecule is CC1(C)CC(N=C=O)CC(C)(Cn2c(=O)n(CC3(C)CC(N=C=O)CC(C)(C)C3)c(=O)n(CC3(C)CC(OC#N)CC(C)(C)C3)c2=O)C1. The van der Waals surface area contributed by atoms with E-state index < -0.39 is 33.3 Å². The second kappa shape index (κ2) is 13.1. The molecule has 0 saturated heterocycles. The molecule has 6 atom stereocenters. The minimum atomic E-state index is -0.666. The molecule has 0 bridgehead atoms. The zero-order chi connectivity index (χ0) is 35.9. The van der Waals surface area contributed by atoms with Crippen LogP contribution < -0.4 is 17.1 Å². The zero-order valence-corrected chi connectivity index (χ0v) is 30.4. The summed E-state index contributed by atoms with van der Waals surface area (Å²) in [5.74, 6) is 0. The van der Waals surface area contributed by atoms with E-state index in [0.29, 0.717) is 57.8 Å². The van der Waals surface area contributed by atoms with Gasteiger partial charge in [-0.1, -0.05) is 62.3 Å². The summed E-state index contributed by atoms with van der Waals surface area (Å²) < 4.78 is 9.05. The van der Waals surface area contributed by atoms with Crippen LogP contribution in [0.2, 0.25) is 0 Å². The minimum absolute atomic E-state index is 0.0558. The van der Waals surface area contributed by atoms with Gasteiger partial charge in [-0.2, -0.15) is 5.26 Å². The number of aromatic nitrogens is 3. The van der Waals surface area contributed by atoms with E-state index in [1.807, 2.05) is 27.0 Å². The summed E-state index contributed by atoms with van der Waals surface area (Å²) in [5, 5.41) is 9.30. The first kappa shape index (κ1) is 37.3.